The summed E-state index contributed by atoms with van der Waals surface area (Å²) in [6.07, 6.45) is 2.45. The zero-order valence-corrected chi connectivity index (χ0v) is 10.4. The largest absolute Gasteiger partial charge is 0.354 e. The molecule has 1 fully saturated rings. The molecular formula is C12H24N2O. The lowest BCUT2D eigenvalue weighted by Crippen LogP contribution is -2.41. The summed E-state index contributed by atoms with van der Waals surface area (Å²) in [5, 5.41) is 6.20. The molecule has 1 aliphatic rings. The van der Waals surface area contributed by atoms with Crippen molar-refractivity contribution >= 4 is 5.91 Å². The molecule has 0 bridgehead atoms. The van der Waals surface area contributed by atoms with E-state index in [0.29, 0.717) is 18.5 Å². The Balaban J connectivity index is 2.14. The molecule has 0 aliphatic heterocycles. The average molecular weight is 212 g/mol. The molecule has 3 nitrogen and oxygen atoms in total. The van der Waals surface area contributed by atoms with Gasteiger partial charge in [-0.15, -0.1) is 0 Å². The van der Waals surface area contributed by atoms with Gasteiger partial charge in [-0.1, -0.05) is 27.7 Å². The predicted molar refractivity (Wildman–Crippen MR) is 62.7 cm³/mol. The Labute approximate surface area is 93.0 Å². The van der Waals surface area contributed by atoms with Crippen LogP contribution >= 0.6 is 0 Å². The highest BCUT2D eigenvalue weighted by Gasteiger charge is 2.24. The maximum absolute atomic E-state index is 11.5. The van der Waals surface area contributed by atoms with Crippen LogP contribution in [-0.4, -0.2) is 25.0 Å². The molecule has 0 atom stereocenters. The van der Waals surface area contributed by atoms with Crippen molar-refractivity contribution in [3.05, 3.63) is 0 Å². The molecule has 2 N–H and O–H groups in total. The van der Waals surface area contributed by atoms with Crippen LogP contribution in [0, 0.1) is 11.3 Å². The van der Waals surface area contributed by atoms with Crippen molar-refractivity contribution in [1.29, 1.82) is 0 Å². The predicted octanol–water partition coefficient (Wildman–Crippen LogP) is 1.54. The van der Waals surface area contributed by atoms with Gasteiger partial charge in [0.15, 0.2) is 0 Å². The van der Waals surface area contributed by atoms with Gasteiger partial charge in [0.2, 0.25) is 5.91 Å². The van der Waals surface area contributed by atoms with Crippen LogP contribution in [0.4, 0.5) is 0 Å². The molecular weight excluding hydrogens is 188 g/mol. The fourth-order valence-electron chi connectivity index (χ4n) is 1.12. The average Bonchev–Trinajstić information content (AvgIpc) is 2.94. The molecule has 15 heavy (non-hydrogen) atoms. The van der Waals surface area contributed by atoms with Gasteiger partial charge in [-0.3, -0.25) is 4.79 Å². The van der Waals surface area contributed by atoms with Gasteiger partial charge in [0.05, 0.1) is 6.54 Å². The van der Waals surface area contributed by atoms with Crippen LogP contribution in [0.3, 0.4) is 0 Å². The van der Waals surface area contributed by atoms with E-state index in [-0.39, 0.29) is 11.3 Å². The third-order valence-corrected chi connectivity index (χ3v) is 3.43. The zero-order valence-electron chi connectivity index (χ0n) is 10.4. The molecule has 0 aromatic carbocycles. The molecule has 0 unspecified atom stereocenters. The highest BCUT2D eigenvalue weighted by atomic mass is 16.1. The topological polar surface area (TPSA) is 41.1 Å². The minimum Gasteiger partial charge on any atom is -0.354 e. The second-order valence-electron chi connectivity index (χ2n) is 5.58. The van der Waals surface area contributed by atoms with Crippen molar-refractivity contribution in [3.63, 3.8) is 0 Å². The Kier molecular flexibility index (Phi) is 4.14. The molecule has 1 rings (SSSR count). The fourth-order valence-corrected chi connectivity index (χ4v) is 1.12. The number of rotatable bonds is 6. The third kappa shape index (κ3) is 4.65. The van der Waals surface area contributed by atoms with Crippen molar-refractivity contribution in [2.24, 2.45) is 11.3 Å². The normalized spacial score (nSPS) is 16.9. The Morgan fingerprint density at radius 1 is 1.40 bits per heavy atom. The van der Waals surface area contributed by atoms with Crippen LogP contribution in [-0.2, 0) is 4.79 Å². The van der Waals surface area contributed by atoms with Gasteiger partial charge in [-0.2, -0.15) is 0 Å². The summed E-state index contributed by atoms with van der Waals surface area (Å²) in [5.41, 5.74) is 0.176. The SMILES string of the molecule is CC(C)C(C)(C)CNC(=O)CNC1CC1. The number of carbonyl (C=O) groups is 1. The fraction of sp³-hybridized carbons (Fsp3) is 0.917. The maximum Gasteiger partial charge on any atom is 0.233 e. The van der Waals surface area contributed by atoms with Gasteiger partial charge < -0.3 is 10.6 Å². The van der Waals surface area contributed by atoms with E-state index in [2.05, 4.69) is 38.3 Å². The summed E-state index contributed by atoms with van der Waals surface area (Å²) in [5.74, 6) is 0.699. The summed E-state index contributed by atoms with van der Waals surface area (Å²) < 4.78 is 0. The van der Waals surface area contributed by atoms with Crippen LogP contribution < -0.4 is 10.6 Å². The monoisotopic (exact) mass is 212 g/mol. The molecule has 0 saturated heterocycles. The van der Waals surface area contributed by atoms with Crippen molar-refractivity contribution in [1.82, 2.24) is 10.6 Å². The molecule has 0 aromatic heterocycles. The summed E-state index contributed by atoms with van der Waals surface area (Å²) in [4.78, 5) is 11.5. The number of amides is 1. The molecule has 0 heterocycles. The van der Waals surface area contributed by atoms with Gasteiger partial charge in [0.1, 0.15) is 0 Å². The van der Waals surface area contributed by atoms with E-state index in [0.717, 1.165) is 6.54 Å². The molecule has 0 aromatic rings. The van der Waals surface area contributed by atoms with Gasteiger partial charge in [0.25, 0.3) is 0 Å². The lowest BCUT2D eigenvalue weighted by atomic mass is 9.81. The summed E-state index contributed by atoms with van der Waals surface area (Å²) >= 11 is 0. The first-order chi connectivity index (χ1) is 6.92. The van der Waals surface area contributed by atoms with E-state index in [9.17, 15) is 4.79 Å². The van der Waals surface area contributed by atoms with Gasteiger partial charge >= 0.3 is 0 Å². The van der Waals surface area contributed by atoms with Crippen LogP contribution in [0.5, 0.6) is 0 Å². The minimum absolute atomic E-state index is 0.121. The van der Waals surface area contributed by atoms with E-state index in [1.54, 1.807) is 0 Å². The van der Waals surface area contributed by atoms with Gasteiger partial charge in [-0.05, 0) is 24.2 Å². The Bertz CT molecular complexity index is 220. The Morgan fingerprint density at radius 2 is 2.00 bits per heavy atom. The quantitative estimate of drug-likeness (QED) is 0.701. The first-order valence-electron chi connectivity index (χ1n) is 5.92. The van der Waals surface area contributed by atoms with Crippen molar-refractivity contribution in [3.8, 4) is 0 Å². The molecule has 3 heteroatoms. The van der Waals surface area contributed by atoms with Crippen molar-refractivity contribution in [2.75, 3.05) is 13.1 Å². The summed E-state index contributed by atoms with van der Waals surface area (Å²) in [6.45, 7) is 9.98. The van der Waals surface area contributed by atoms with E-state index >= 15 is 0 Å². The van der Waals surface area contributed by atoms with Gasteiger partial charge in [-0.25, -0.2) is 0 Å². The van der Waals surface area contributed by atoms with Crippen LogP contribution in [0.2, 0.25) is 0 Å². The molecule has 1 aliphatic carbocycles. The summed E-state index contributed by atoms with van der Waals surface area (Å²) in [7, 11) is 0. The van der Waals surface area contributed by atoms with Crippen molar-refractivity contribution < 1.29 is 4.79 Å². The number of nitrogens with one attached hydrogen (secondary N) is 2. The molecule has 88 valence electrons. The number of hydrogen-bond acceptors (Lipinski definition) is 2. The second-order valence-corrected chi connectivity index (χ2v) is 5.58. The lowest BCUT2D eigenvalue weighted by molar-refractivity contribution is -0.120. The smallest absolute Gasteiger partial charge is 0.233 e. The standard InChI is InChI=1S/C12H24N2O/c1-9(2)12(3,4)8-14-11(15)7-13-10-5-6-10/h9-10,13H,5-8H2,1-4H3,(H,14,15). The number of hydrogen-bond donors (Lipinski definition) is 2. The second kappa shape index (κ2) is 4.97. The first kappa shape index (κ1) is 12.5. The minimum atomic E-state index is 0.121. The van der Waals surface area contributed by atoms with E-state index in [1.165, 1.54) is 12.8 Å². The lowest BCUT2D eigenvalue weighted by Gasteiger charge is -2.29. The third-order valence-electron chi connectivity index (χ3n) is 3.43. The van der Waals surface area contributed by atoms with Crippen LogP contribution in [0.25, 0.3) is 0 Å². The number of carbonyl (C=O) groups excluding carboxylic acids is 1. The molecule has 1 amide bonds. The first-order valence-corrected chi connectivity index (χ1v) is 5.92. The van der Waals surface area contributed by atoms with Crippen LogP contribution in [0.15, 0.2) is 0 Å². The molecule has 0 spiro atoms. The van der Waals surface area contributed by atoms with Gasteiger partial charge in [0, 0.05) is 12.6 Å². The molecule has 1 saturated carbocycles. The highest BCUT2D eigenvalue weighted by Crippen LogP contribution is 2.24. The zero-order chi connectivity index (χ0) is 11.5. The van der Waals surface area contributed by atoms with E-state index in [4.69, 9.17) is 0 Å². The van der Waals surface area contributed by atoms with E-state index < -0.39 is 0 Å². The summed E-state index contributed by atoms with van der Waals surface area (Å²) in [6, 6.07) is 0.605. The Hall–Kier alpha value is -0.570. The maximum atomic E-state index is 11.5. The molecule has 0 radical (unpaired) electrons. The highest BCUT2D eigenvalue weighted by molar-refractivity contribution is 5.78. The van der Waals surface area contributed by atoms with E-state index in [1.807, 2.05) is 0 Å². The Morgan fingerprint density at radius 3 is 2.47 bits per heavy atom. The van der Waals surface area contributed by atoms with Crippen LogP contribution in [0.1, 0.15) is 40.5 Å². The van der Waals surface area contributed by atoms with Crippen molar-refractivity contribution in [2.45, 2.75) is 46.6 Å².